The average molecular weight is 607 g/mol. The van der Waals surface area contributed by atoms with Crippen molar-refractivity contribution < 1.29 is 28.5 Å². The van der Waals surface area contributed by atoms with Crippen molar-refractivity contribution in [1.82, 2.24) is 0 Å². The van der Waals surface area contributed by atoms with Gasteiger partial charge < -0.3 is 18.9 Å². The summed E-state index contributed by atoms with van der Waals surface area (Å²) in [7, 11) is 3.31. The molecule has 1 fully saturated rings. The van der Waals surface area contributed by atoms with E-state index in [1.165, 1.54) is 11.1 Å². The van der Waals surface area contributed by atoms with Gasteiger partial charge in [0.25, 0.3) is 0 Å². The third-order valence-electron chi connectivity index (χ3n) is 8.39. The fourth-order valence-electron chi connectivity index (χ4n) is 5.86. The quantitative estimate of drug-likeness (QED) is 0.164. The number of cyclic esters (lactones) is 1. The van der Waals surface area contributed by atoms with Gasteiger partial charge in [0, 0.05) is 18.8 Å². The Morgan fingerprint density at radius 1 is 0.733 bits per heavy atom. The molecule has 0 aliphatic carbocycles. The van der Waals surface area contributed by atoms with Gasteiger partial charge in [0.1, 0.15) is 17.6 Å². The monoisotopic (exact) mass is 606 g/mol. The van der Waals surface area contributed by atoms with Gasteiger partial charge in [-0.2, -0.15) is 0 Å². The molecule has 0 saturated carbocycles. The molecule has 0 radical (unpaired) electrons. The first-order chi connectivity index (χ1) is 21.7. The lowest BCUT2D eigenvalue weighted by Crippen LogP contribution is -2.30. The largest absolute Gasteiger partial charge is 0.496 e. The van der Waals surface area contributed by atoms with Crippen molar-refractivity contribution in [2.24, 2.45) is 17.3 Å². The second-order valence-corrected chi connectivity index (χ2v) is 12.7. The molecule has 3 atom stereocenters. The standard InChI is InChI=1S/C39H42O6/c1-39(2,3)38(41)44-25-33-32(22-28-16-17-29(34(23-28)42-4)20-26-12-8-6-9-13-26)37(40)45-36(33)31-19-18-30(35(24-31)43-5)21-27-14-10-7-11-15-27/h6-19,23-24,32-33,36H,20-22,25H2,1-5H3/t32-,33-,36-/m1/s1. The van der Waals surface area contributed by atoms with Crippen LogP contribution in [0.15, 0.2) is 97.1 Å². The Kier molecular flexibility index (Phi) is 9.92. The Hall–Kier alpha value is -4.58. The molecule has 5 rings (SSSR count). The molecule has 0 bridgehead atoms. The van der Waals surface area contributed by atoms with Crippen LogP contribution in [0.1, 0.15) is 60.3 Å². The zero-order chi connectivity index (χ0) is 32.0. The van der Waals surface area contributed by atoms with Crippen molar-refractivity contribution in [2.45, 2.75) is 46.1 Å². The molecule has 1 aliphatic heterocycles. The van der Waals surface area contributed by atoms with Gasteiger partial charge in [-0.3, -0.25) is 9.59 Å². The number of esters is 2. The van der Waals surface area contributed by atoms with Crippen LogP contribution >= 0.6 is 0 Å². The van der Waals surface area contributed by atoms with Crippen LogP contribution in [0.2, 0.25) is 0 Å². The van der Waals surface area contributed by atoms with E-state index in [9.17, 15) is 9.59 Å². The predicted octanol–water partition coefficient (Wildman–Crippen LogP) is 7.55. The second-order valence-electron chi connectivity index (χ2n) is 12.7. The van der Waals surface area contributed by atoms with E-state index in [1.54, 1.807) is 14.2 Å². The molecular weight excluding hydrogens is 564 g/mol. The Morgan fingerprint density at radius 2 is 1.29 bits per heavy atom. The fourth-order valence-corrected chi connectivity index (χ4v) is 5.86. The van der Waals surface area contributed by atoms with Gasteiger partial charge in [0.05, 0.1) is 32.2 Å². The summed E-state index contributed by atoms with van der Waals surface area (Å²) in [5.41, 5.74) is 5.56. The summed E-state index contributed by atoms with van der Waals surface area (Å²) in [5, 5.41) is 0. The molecular formula is C39H42O6. The summed E-state index contributed by atoms with van der Waals surface area (Å²) in [5.74, 6) is -0.0294. The Bertz CT molecular complexity index is 1610. The number of ether oxygens (including phenoxy) is 4. The van der Waals surface area contributed by atoms with Gasteiger partial charge >= 0.3 is 11.9 Å². The average Bonchev–Trinajstić information content (AvgIpc) is 3.35. The summed E-state index contributed by atoms with van der Waals surface area (Å²) < 4.78 is 23.4. The van der Waals surface area contributed by atoms with Crippen LogP contribution in [0.3, 0.4) is 0 Å². The van der Waals surface area contributed by atoms with Crippen molar-refractivity contribution in [3.8, 4) is 11.5 Å². The van der Waals surface area contributed by atoms with Crippen LogP contribution in [0.25, 0.3) is 0 Å². The topological polar surface area (TPSA) is 71.1 Å². The molecule has 1 saturated heterocycles. The maximum Gasteiger partial charge on any atom is 0.311 e. The third kappa shape index (κ3) is 7.75. The van der Waals surface area contributed by atoms with E-state index in [-0.39, 0.29) is 24.5 Å². The smallest absolute Gasteiger partial charge is 0.311 e. The highest BCUT2D eigenvalue weighted by molar-refractivity contribution is 5.77. The molecule has 0 amide bonds. The van der Waals surface area contributed by atoms with Crippen LogP contribution in [0.4, 0.5) is 0 Å². The summed E-state index contributed by atoms with van der Waals surface area (Å²) in [6.45, 7) is 5.52. The molecule has 234 valence electrons. The number of benzene rings is 4. The molecule has 0 aromatic heterocycles. The number of rotatable bonds is 11. The van der Waals surface area contributed by atoms with E-state index in [0.717, 1.165) is 40.2 Å². The minimum atomic E-state index is -0.668. The van der Waals surface area contributed by atoms with Crippen molar-refractivity contribution in [1.29, 1.82) is 0 Å². The zero-order valence-electron chi connectivity index (χ0n) is 26.7. The summed E-state index contributed by atoms with van der Waals surface area (Å²) in [6.07, 6.45) is 1.30. The molecule has 6 nitrogen and oxygen atoms in total. The number of carbonyl (C=O) groups is 2. The van der Waals surface area contributed by atoms with Crippen LogP contribution in [-0.4, -0.2) is 32.8 Å². The van der Waals surface area contributed by atoms with E-state index < -0.39 is 17.4 Å². The number of hydrogen-bond acceptors (Lipinski definition) is 6. The minimum Gasteiger partial charge on any atom is -0.496 e. The van der Waals surface area contributed by atoms with Gasteiger partial charge in [-0.1, -0.05) is 84.9 Å². The van der Waals surface area contributed by atoms with E-state index in [2.05, 4.69) is 30.3 Å². The second kappa shape index (κ2) is 14.0. The van der Waals surface area contributed by atoms with E-state index in [4.69, 9.17) is 18.9 Å². The normalized spacial score (nSPS) is 17.9. The van der Waals surface area contributed by atoms with Crippen molar-refractivity contribution in [3.05, 3.63) is 130 Å². The number of methoxy groups -OCH3 is 2. The van der Waals surface area contributed by atoms with Crippen LogP contribution in [-0.2, 0) is 38.3 Å². The SMILES string of the molecule is COc1cc(C[C@H]2C(=O)O[C@H](c3ccc(Cc4ccccc4)c(OC)c3)[C@@H]2COC(=O)C(C)(C)C)ccc1Cc1ccccc1. The predicted molar refractivity (Wildman–Crippen MR) is 174 cm³/mol. The first kappa shape index (κ1) is 31.8. The number of hydrogen-bond donors (Lipinski definition) is 0. The van der Waals surface area contributed by atoms with E-state index >= 15 is 0 Å². The highest BCUT2D eigenvalue weighted by Crippen LogP contribution is 2.43. The van der Waals surface area contributed by atoms with Gasteiger partial charge in [-0.25, -0.2) is 0 Å². The van der Waals surface area contributed by atoms with Crippen molar-refractivity contribution in [3.63, 3.8) is 0 Å². The van der Waals surface area contributed by atoms with Crippen LogP contribution in [0, 0.1) is 17.3 Å². The molecule has 4 aromatic carbocycles. The zero-order valence-corrected chi connectivity index (χ0v) is 26.7. The molecule has 4 aromatic rings. The van der Waals surface area contributed by atoms with E-state index in [0.29, 0.717) is 12.8 Å². The summed E-state index contributed by atoms with van der Waals surface area (Å²) in [6, 6.07) is 32.5. The molecule has 1 aliphatic rings. The van der Waals surface area contributed by atoms with Gasteiger partial charge in [0.2, 0.25) is 0 Å². The minimum absolute atomic E-state index is 0.0640. The van der Waals surface area contributed by atoms with Gasteiger partial charge in [-0.05, 0) is 72.7 Å². The lowest BCUT2D eigenvalue weighted by molar-refractivity contribution is -0.155. The summed E-state index contributed by atoms with van der Waals surface area (Å²) >= 11 is 0. The van der Waals surface area contributed by atoms with Gasteiger partial charge in [-0.15, -0.1) is 0 Å². The summed E-state index contributed by atoms with van der Waals surface area (Å²) in [4.78, 5) is 26.3. The molecule has 0 N–H and O–H groups in total. The highest BCUT2D eigenvalue weighted by atomic mass is 16.6. The molecule has 45 heavy (non-hydrogen) atoms. The fraction of sp³-hybridized carbons (Fsp3) is 0.333. The van der Waals surface area contributed by atoms with Crippen LogP contribution < -0.4 is 9.47 Å². The Morgan fingerprint density at radius 3 is 1.84 bits per heavy atom. The van der Waals surface area contributed by atoms with Gasteiger partial charge in [0.15, 0.2) is 0 Å². The lowest BCUT2D eigenvalue weighted by atomic mass is 9.83. The first-order valence-corrected chi connectivity index (χ1v) is 15.4. The molecule has 0 spiro atoms. The molecule has 1 heterocycles. The van der Waals surface area contributed by atoms with E-state index in [1.807, 2.05) is 87.5 Å². The van der Waals surface area contributed by atoms with Crippen LogP contribution in [0.5, 0.6) is 11.5 Å². The maximum atomic E-state index is 13.5. The first-order valence-electron chi connectivity index (χ1n) is 15.4. The highest BCUT2D eigenvalue weighted by Gasteiger charge is 2.46. The lowest BCUT2D eigenvalue weighted by Gasteiger charge is -2.24. The molecule has 0 unspecified atom stereocenters. The number of carbonyl (C=O) groups excluding carboxylic acids is 2. The maximum absolute atomic E-state index is 13.5. The Labute approximate surface area is 266 Å². The van der Waals surface area contributed by atoms with Crippen molar-refractivity contribution >= 4 is 11.9 Å². The third-order valence-corrected chi connectivity index (χ3v) is 8.39. The molecule has 6 heteroatoms. The van der Waals surface area contributed by atoms with Crippen molar-refractivity contribution in [2.75, 3.05) is 20.8 Å². The Balaban J connectivity index is 1.41.